The predicted molar refractivity (Wildman–Crippen MR) is 78.7 cm³/mol. The third-order valence-electron chi connectivity index (χ3n) is 3.20. The van der Waals surface area contributed by atoms with Gasteiger partial charge in [0.25, 0.3) is 0 Å². The molecule has 0 unspecified atom stereocenters. The first-order valence-electron chi connectivity index (χ1n) is 6.72. The van der Waals surface area contributed by atoms with Gasteiger partial charge in [-0.2, -0.15) is 0 Å². The quantitative estimate of drug-likeness (QED) is 0.816. The highest BCUT2D eigenvalue weighted by Crippen LogP contribution is 2.26. The van der Waals surface area contributed by atoms with Crippen LogP contribution in [0.5, 0.6) is 0 Å². The minimum atomic E-state index is -0.486. The first-order valence-corrected chi connectivity index (χ1v) is 6.72. The Balaban J connectivity index is 1.92. The summed E-state index contributed by atoms with van der Waals surface area (Å²) in [4.78, 5) is 25.3. The molecule has 0 fully saturated rings. The lowest BCUT2D eigenvalue weighted by Crippen LogP contribution is -2.45. The first-order chi connectivity index (χ1) is 9.70. The molecule has 0 aliphatic carbocycles. The van der Waals surface area contributed by atoms with Crippen LogP contribution in [0.3, 0.4) is 0 Å². The molecule has 5 nitrogen and oxygen atoms in total. The summed E-state index contributed by atoms with van der Waals surface area (Å²) in [6, 6.07) is 7.58. The molecular formula is C15H19N3O2. The molecule has 106 valence electrons. The van der Waals surface area contributed by atoms with Gasteiger partial charge in [0.05, 0.1) is 6.54 Å². The number of nitrogens with zero attached hydrogens (tertiary/aromatic N) is 1. The highest BCUT2D eigenvalue weighted by atomic mass is 16.2. The molecule has 0 saturated carbocycles. The second kappa shape index (κ2) is 6.75. The topological polar surface area (TPSA) is 61.4 Å². The van der Waals surface area contributed by atoms with Crippen molar-refractivity contribution in [3.63, 3.8) is 0 Å². The Morgan fingerprint density at radius 2 is 2.15 bits per heavy atom. The second-order valence-electron chi connectivity index (χ2n) is 4.70. The van der Waals surface area contributed by atoms with E-state index in [4.69, 9.17) is 0 Å². The van der Waals surface area contributed by atoms with Crippen molar-refractivity contribution in [3.05, 3.63) is 42.5 Å². The fourth-order valence-electron chi connectivity index (χ4n) is 2.32. The molecule has 0 spiro atoms. The summed E-state index contributed by atoms with van der Waals surface area (Å²) in [7, 11) is 0. The number of nitrogens with one attached hydrogen (secondary N) is 2. The van der Waals surface area contributed by atoms with Gasteiger partial charge in [0.1, 0.15) is 0 Å². The van der Waals surface area contributed by atoms with Crippen LogP contribution in [0.15, 0.2) is 36.9 Å². The lowest BCUT2D eigenvalue weighted by Gasteiger charge is -2.30. The van der Waals surface area contributed by atoms with E-state index < -0.39 is 6.03 Å². The van der Waals surface area contributed by atoms with E-state index in [9.17, 15) is 9.59 Å². The third-order valence-corrected chi connectivity index (χ3v) is 3.20. The molecule has 0 aromatic heterocycles. The molecule has 2 N–H and O–H groups in total. The van der Waals surface area contributed by atoms with E-state index in [-0.39, 0.29) is 12.5 Å². The Labute approximate surface area is 118 Å². The van der Waals surface area contributed by atoms with Gasteiger partial charge in [-0.15, -0.1) is 6.58 Å². The monoisotopic (exact) mass is 273 g/mol. The van der Waals surface area contributed by atoms with E-state index in [1.54, 1.807) is 6.08 Å². The number of anilines is 1. The maximum absolute atomic E-state index is 11.9. The van der Waals surface area contributed by atoms with E-state index in [1.807, 2.05) is 23.1 Å². The minimum Gasteiger partial charge on any atom is -0.362 e. The Kier molecular flexibility index (Phi) is 4.76. The van der Waals surface area contributed by atoms with Crippen LogP contribution in [0.2, 0.25) is 0 Å². The van der Waals surface area contributed by atoms with E-state index in [0.717, 1.165) is 25.1 Å². The highest BCUT2D eigenvalue weighted by molar-refractivity contribution is 5.96. The number of hydrogen-bond acceptors (Lipinski definition) is 3. The van der Waals surface area contributed by atoms with Crippen molar-refractivity contribution in [2.45, 2.75) is 12.8 Å². The third kappa shape index (κ3) is 3.60. The van der Waals surface area contributed by atoms with Crippen molar-refractivity contribution in [1.29, 1.82) is 0 Å². The fraction of sp³-hybridized carbons (Fsp3) is 0.333. The number of benzene rings is 1. The number of amides is 3. The van der Waals surface area contributed by atoms with E-state index in [2.05, 4.69) is 23.3 Å². The number of rotatable bonds is 4. The standard InChI is InChI=1S/C15H19N3O2/c1-2-9-16-15(20)17-14(19)11-18-10-5-7-12-6-3-4-8-13(12)18/h2-4,6,8H,1,5,7,9-11H2,(H2,16,17,19,20). The van der Waals surface area contributed by atoms with Crippen molar-refractivity contribution in [3.8, 4) is 0 Å². The minimum absolute atomic E-state index is 0.193. The molecular weight excluding hydrogens is 254 g/mol. The van der Waals surface area contributed by atoms with Crippen molar-refractivity contribution >= 4 is 17.6 Å². The number of hydrogen-bond donors (Lipinski definition) is 2. The summed E-state index contributed by atoms with van der Waals surface area (Å²) < 4.78 is 0. The molecule has 1 aromatic rings. The van der Waals surface area contributed by atoms with Crippen molar-refractivity contribution in [2.24, 2.45) is 0 Å². The molecule has 5 heteroatoms. The van der Waals surface area contributed by atoms with Crippen LogP contribution in [-0.4, -0.2) is 31.6 Å². The number of aryl methyl sites for hydroxylation is 1. The average molecular weight is 273 g/mol. The van der Waals surface area contributed by atoms with Crippen LogP contribution in [0.25, 0.3) is 0 Å². The maximum atomic E-state index is 11.9. The number of para-hydroxylation sites is 1. The average Bonchev–Trinajstić information content (AvgIpc) is 2.45. The van der Waals surface area contributed by atoms with Gasteiger partial charge in [0.2, 0.25) is 5.91 Å². The van der Waals surface area contributed by atoms with Gasteiger partial charge in [0, 0.05) is 18.8 Å². The Bertz CT molecular complexity index is 514. The molecule has 0 atom stereocenters. The summed E-state index contributed by atoms with van der Waals surface area (Å²) in [5.41, 5.74) is 2.34. The zero-order valence-electron chi connectivity index (χ0n) is 11.4. The molecule has 1 aliphatic heterocycles. The molecule has 0 bridgehead atoms. The molecule has 1 aromatic carbocycles. The van der Waals surface area contributed by atoms with Crippen molar-refractivity contribution in [1.82, 2.24) is 10.6 Å². The zero-order valence-corrected chi connectivity index (χ0v) is 11.4. The maximum Gasteiger partial charge on any atom is 0.321 e. The van der Waals surface area contributed by atoms with Gasteiger partial charge in [0.15, 0.2) is 0 Å². The van der Waals surface area contributed by atoms with Crippen LogP contribution >= 0.6 is 0 Å². The zero-order chi connectivity index (χ0) is 14.4. The van der Waals surface area contributed by atoms with Crippen LogP contribution in [0.4, 0.5) is 10.5 Å². The molecule has 20 heavy (non-hydrogen) atoms. The number of urea groups is 1. The fourth-order valence-corrected chi connectivity index (χ4v) is 2.32. The second-order valence-corrected chi connectivity index (χ2v) is 4.70. The first kappa shape index (κ1) is 14.1. The van der Waals surface area contributed by atoms with Gasteiger partial charge < -0.3 is 10.2 Å². The van der Waals surface area contributed by atoms with Gasteiger partial charge in [-0.1, -0.05) is 24.3 Å². The van der Waals surface area contributed by atoms with Crippen molar-refractivity contribution < 1.29 is 9.59 Å². The number of carbonyl (C=O) groups excluding carboxylic acids is 2. The van der Waals surface area contributed by atoms with Gasteiger partial charge in [-0.25, -0.2) is 4.79 Å². The predicted octanol–water partition coefficient (Wildman–Crippen LogP) is 1.45. The SMILES string of the molecule is C=CCNC(=O)NC(=O)CN1CCCc2ccccc21. The van der Waals surface area contributed by atoms with Crippen LogP contribution in [0, 0.1) is 0 Å². The summed E-state index contributed by atoms with van der Waals surface area (Å²) in [6.07, 6.45) is 3.62. The number of fused-ring (bicyclic) bond motifs is 1. The molecule has 3 amide bonds. The summed E-state index contributed by atoms with van der Waals surface area (Å²) >= 11 is 0. The van der Waals surface area contributed by atoms with Crippen molar-refractivity contribution in [2.75, 3.05) is 24.5 Å². The lowest BCUT2D eigenvalue weighted by molar-refractivity contribution is -0.118. The van der Waals surface area contributed by atoms with Gasteiger partial charge in [-0.3, -0.25) is 10.1 Å². The Hall–Kier alpha value is -2.30. The van der Waals surface area contributed by atoms with E-state index in [0.29, 0.717) is 6.54 Å². The molecule has 1 heterocycles. The normalized spacial score (nSPS) is 13.3. The molecule has 0 radical (unpaired) electrons. The molecule has 2 rings (SSSR count). The van der Waals surface area contributed by atoms with Crippen LogP contribution in [0.1, 0.15) is 12.0 Å². The molecule has 0 saturated heterocycles. The summed E-state index contributed by atoms with van der Waals surface area (Å²) in [5.74, 6) is -0.303. The van der Waals surface area contributed by atoms with Crippen LogP contribution < -0.4 is 15.5 Å². The molecule has 1 aliphatic rings. The lowest BCUT2D eigenvalue weighted by atomic mass is 10.0. The van der Waals surface area contributed by atoms with E-state index >= 15 is 0 Å². The number of carbonyl (C=O) groups is 2. The Morgan fingerprint density at radius 1 is 1.35 bits per heavy atom. The summed E-state index contributed by atoms with van der Waals surface area (Å²) in [5, 5.41) is 4.83. The highest BCUT2D eigenvalue weighted by Gasteiger charge is 2.19. The Morgan fingerprint density at radius 3 is 2.95 bits per heavy atom. The van der Waals surface area contributed by atoms with Gasteiger partial charge >= 0.3 is 6.03 Å². The smallest absolute Gasteiger partial charge is 0.321 e. The number of imide groups is 1. The van der Waals surface area contributed by atoms with E-state index in [1.165, 1.54) is 5.56 Å². The van der Waals surface area contributed by atoms with Gasteiger partial charge in [-0.05, 0) is 24.5 Å². The van der Waals surface area contributed by atoms with Crippen LogP contribution in [-0.2, 0) is 11.2 Å². The largest absolute Gasteiger partial charge is 0.362 e. The summed E-state index contributed by atoms with van der Waals surface area (Å²) in [6.45, 7) is 4.86.